The Morgan fingerprint density at radius 1 is 1.26 bits per heavy atom. The molecule has 0 spiro atoms. The van der Waals surface area contributed by atoms with Crippen molar-refractivity contribution >= 4 is 21.2 Å². The Balaban J connectivity index is 2.09. The lowest BCUT2D eigenvalue weighted by Crippen LogP contribution is -2.12. The first kappa shape index (κ1) is 15.0. The van der Waals surface area contributed by atoms with Gasteiger partial charge in [-0.25, -0.2) is 22.4 Å². The molecule has 0 unspecified atom stereocenters. The van der Waals surface area contributed by atoms with Crippen LogP contribution in [0.1, 0.15) is 11.3 Å². The van der Waals surface area contributed by atoms with Crippen molar-refractivity contribution in [3.05, 3.63) is 64.4 Å². The Hall–Kier alpha value is -2.90. The van der Waals surface area contributed by atoms with Crippen molar-refractivity contribution in [3.8, 4) is 0 Å². The van der Waals surface area contributed by atoms with Crippen molar-refractivity contribution in [2.24, 2.45) is 5.11 Å². The fourth-order valence-electron chi connectivity index (χ4n) is 2.12. The van der Waals surface area contributed by atoms with Crippen LogP contribution in [0.3, 0.4) is 0 Å². The van der Waals surface area contributed by atoms with Crippen molar-refractivity contribution in [1.29, 1.82) is 0 Å². The monoisotopic (exact) mass is 328 g/mol. The van der Waals surface area contributed by atoms with E-state index < -0.39 is 10.0 Å². The van der Waals surface area contributed by atoms with E-state index in [0.717, 1.165) is 9.54 Å². The zero-order chi connectivity index (χ0) is 16.4. The van der Waals surface area contributed by atoms with E-state index in [4.69, 9.17) is 5.53 Å². The number of benzene rings is 1. The smallest absolute Gasteiger partial charge is 0.248 e. The molecule has 0 fully saturated rings. The molecule has 0 N–H and O–H groups in total. The van der Waals surface area contributed by atoms with E-state index in [9.17, 15) is 8.42 Å². The van der Waals surface area contributed by atoms with Crippen LogP contribution < -0.4 is 0 Å². The number of hydrogen-bond acceptors (Lipinski definition) is 5. The van der Waals surface area contributed by atoms with Gasteiger partial charge < -0.3 is 0 Å². The Morgan fingerprint density at radius 3 is 2.70 bits per heavy atom. The molecule has 1 aromatic carbocycles. The molecule has 9 heteroatoms. The van der Waals surface area contributed by atoms with Gasteiger partial charge in [-0.2, -0.15) is 0 Å². The van der Waals surface area contributed by atoms with Gasteiger partial charge in [-0.1, -0.05) is 22.8 Å². The third-order valence-electron chi connectivity index (χ3n) is 3.28. The predicted octanol–water partition coefficient (Wildman–Crippen LogP) is 2.79. The van der Waals surface area contributed by atoms with Crippen molar-refractivity contribution in [1.82, 2.24) is 13.9 Å². The third-order valence-corrected chi connectivity index (χ3v) is 4.96. The second kappa shape index (κ2) is 5.71. The van der Waals surface area contributed by atoms with Gasteiger partial charge in [-0.05, 0) is 30.7 Å². The predicted molar refractivity (Wildman–Crippen MR) is 84.1 cm³/mol. The molecule has 3 rings (SSSR count). The highest BCUT2D eigenvalue weighted by atomic mass is 32.2. The summed E-state index contributed by atoms with van der Waals surface area (Å²) in [4.78, 5) is 11.2. The molecule has 8 nitrogen and oxygen atoms in total. The fourth-order valence-corrected chi connectivity index (χ4v) is 3.42. The maximum atomic E-state index is 12.7. The second-order valence-corrected chi connectivity index (χ2v) is 6.70. The summed E-state index contributed by atoms with van der Waals surface area (Å²) in [6, 6.07) is 8.15. The Morgan fingerprint density at radius 2 is 2.00 bits per heavy atom. The molecule has 2 heterocycles. The number of fused-ring (bicyclic) bond motifs is 1. The number of aromatic nitrogens is 3. The minimum atomic E-state index is -3.74. The average molecular weight is 328 g/mol. The highest BCUT2D eigenvalue weighted by Crippen LogP contribution is 2.20. The molecule has 0 radical (unpaired) electrons. The van der Waals surface area contributed by atoms with Gasteiger partial charge in [0.1, 0.15) is 5.52 Å². The molecule has 0 amide bonds. The largest absolute Gasteiger partial charge is 0.269 e. The van der Waals surface area contributed by atoms with Gasteiger partial charge in [0.25, 0.3) is 10.0 Å². The topological polar surface area (TPSA) is 114 Å². The van der Waals surface area contributed by atoms with Gasteiger partial charge in [0, 0.05) is 11.1 Å². The molecular weight excluding hydrogens is 316 g/mol. The van der Waals surface area contributed by atoms with E-state index >= 15 is 0 Å². The van der Waals surface area contributed by atoms with Crippen LogP contribution >= 0.6 is 0 Å². The molecular formula is C14H12N6O2S. The van der Waals surface area contributed by atoms with Gasteiger partial charge in [0.05, 0.1) is 23.3 Å². The second-order valence-electron chi connectivity index (χ2n) is 4.89. The Kier molecular flexibility index (Phi) is 3.73. The number of nitrogens with zero attached hydrogens (tertiary/aromatic N) is 6. The molecule has 2 aromatic heterocycles. The Bertz CT molecular complexity index is 1020. The molecule has 116 valence electrons. The zero-order valence-corrected chi connectivity index (χ0v) is 13.0. The van der Waals surface area contributed by atoms with Crippen LogP contribution in [0.15, 0.2) is 52.7 Å². The Labute approximate surface area is 132 Å². The van der Waals surface area contributed by atoms with Gasteiger partial charge in [0.2, 0.25) is 0 Å². The average Bonchev–Trinajstić information content (AvgIpc) is 2.97. The summed E-state index contributed by atoms with van der Waals surface area (Å²) in [6.07, 6.45) is 2.81. The van der Waals surface area contributed by atoms with Crippen LogP contribution in [-0.2, 0) is 16.6 Å². The van der Waals surface area contributed by atoms with Crippen LogP contribution in [-0.4, -0.2) is 22.4 Å². The van der Waals surface area contributed by atoms with Crippen molar-refractivity contribution < 1.29 is 8.42 Å². The van der Waals surface area contributed by atoms with Crippen LogP contribution in [0.5, 0.6) is 0 Å². The number of azide groups is 1. The first-order chi connectivity index (χ1) is 11.0. The summed E-state index contributed by atoms with van der Waals surface area (Å²) >= 11 is 0. The van der Waals surface area contributed by atoms with Crippen molar-refractivity contribution in [2.45, 2.75) is 18.4 Å². The third kappa shape index (κ3) is 2.75. The minimum Gasteiger partial charge on any atom is -0.248 e. The molecule has 0 aliphatic carbocycles. The standard InChI is InChI=1S/C14H12N6O2S/c1-10-2-4-12(5-3-10)23(21,22)20-7-6-13-14(20)16-8-11(18-13)9-17-19-15/h2-8H,9H2,1H3. The first-order valence-corrected chi connectivity index (χ1v) is 8.12. The summed E-state index contributed by atoms with van der Waals surface area (Å²) in [5.74, 6) is 0. The van der Waals surface area contributed by atoms with E-state index in [0.29, 0.717) is 11.2 Å². The van der Waals surface area contributed by atoms with E-state index in [1.807, 2.05) is 6.92 Å². The van der Waals surface area contributed by atoms with E-state index in [1.54, 1.807) is 30.3 Å². The quantitative estimate of drug-likeness (QED) is 0.416. The lowest BCUT2D eigenvalue weighted by molar-refractivity contribution is 0.588. The van der Waals surface area contributed by atoms with Gasteiger partial charge in [-0.15, -0.1) is 0 Å². The van der Waals surface area contributed by atoms with E-state index in [-0.39, 0.29) is 17.1 Å². The summed E-state index contributed by atoms with van der Waals surface area (Å²) < 4.78 is 26.5. The van der Waals surface area contributed by atoms with Crippen LogP contribution in [0.4, 0.5) is 0 Å². The minimum absolute atomic E-state index is 0.0648. The molecule has 0 aliphatic heterocycles. The molecule has 0 bridgehead atoms. The van der Waals surface area contributed by atoms with Gasteiger partial charge in [-0.3, -0.25) is 0 Å². The summed E-state index contributed by atoms with van der Waals surface area (Å²) in [5, 5.41) is 3.41. The number of rotatable bonds is 4. The normalized spacial score (nSPS) is 11.3. The number of hydrogen-bond donors (Lipinski definition) is 0. The molecule has 0 aliphatic rings. The fraction of sp³-hybridized carbons (Fsp3) is 0.143. The molecule has 23 heavy (non-hydrogen) atoms. The SMILES string of the molecule is Cc1ccc(S(=O)(=O)n2ccc3nc(CN=[N+]=[N-])cnc32)cc1. The molecule has 0 saturated heterocycles. The highest BCUT2D eigenvalue weighted by Gasteiger charge is 2.20. The van der Waals surface area contributed by atoms with Gasteiger partial charge >= 0.3 is 0 Å². The summed E-state index contributed by atoms with van der Waals surface area (Å²) in [5.41, 5.74) is 10.4. The van der Waals surface area contributed by atoms with Gasteiger partial charge in [0.15, 0.2) is 5.65 Å². The van der Waals surface area contributed by atoms with Crippen molar-refractivity contribution in [3.63, 3.8) is 0 Å². The molecule has 0 saturated carbocycles. The number of aryl methyl sites for hydroxylation is 1. The van der Waals surface area contributed by atoms with Crippen molar-refractivity contribution in [2.75, 3.05) is 0 Å². The van der Waals surface area contributed by atoms with Crippen LogP contribution in [0, 0.1) is 6.92 Å². The van der Waals surface area contributed by atoms with Crippen LogP contribution in [0.25, 0.3) is 21.6 Å². The lowest BCUT2D eigenvalue weighted by Gasteiger charge is -2.07. The highest BCUT2D eigenvalue weighted by molar-refractivity contribution is 7.90. The first-order valence-electron chi connectivity index (χ1n) is 6.68. The van der Waals surface area contributed by atoms with Crippen LogP contribution in [0.2, 0.25) is 0 Å². The maximum Gasteiger partial charge on any atom is 0.269 e. The molecule has 3 aromatic rings. The molecule has 0 atom stereocenters. The summed E-state index contributed by atoms with van der Waals surface area (Å²) in [6.45, 7) is 1.95. The zero-order valence-electron chi connectivity index (χ0n) is 12.2. The maximum absolute atomic E-state index is 12.7. The summed E-state index contributed by atoms with van der Waals surface area (Å²) in [7, 11) is -3.74. The van der Waals surface area contributed by atoms with E-state index in [1.165, 1.54) is 12.4 Å². The lowest BCUT2D eigenvalue weighted by atomic mass is 10.2. The van der Waals surface area contributed by atoms with E-state index in [2.05, 4.69) is 20.0 Å².